The first-order valence-electron chi connectivity index (χ1n) is 6.59. The summed E-state index contributed by atoms with van der Waals surface area (Å²) in [4.78, 5) is 0.210. The van der Waals surface area contributed by atoms with Crippen LogP contribution in [0.25, 0.3) is 0 Å². The molecule has 0 aliphatic heterocycles. The second kappa shape index (κ2) is 5.69. The first-order chi connectivity index (χ1) is 10.4. The highest BCUT2D eigenvalue weighted by atomic mass is 79.9. The molecule has 0 saturated heterocycles. The SMILES string of the molecule is N#C[C@H]1[C@@H](c2ccc(Br)cc2)[C@@H]1S(=O)(=O)c1ccc(Cl)cc1. The molecule has 0 heterocycles. The Morgan fingerprint density at radius 1 is 1.05 bits per heavy atom. The molecule has 6 heteroatoms. The van der Waals surface area contributed by atoms with Crippen molar-refractivity contribution in [2.75, 3.05) is 0 Å². The Labute approximate surface area is 142 Å². The summed E-state index contributed by atoms with van der Waals surface area (Å²) >= 11 is 9.15. The van der Waals surface area contributed by atoms with Crippen LogP contribution in [-0.2, 0) is 9.84 Å². The van der Waals surface area contributed by atoms with Crippen molar-refractivity contribution in [3.8, 4) is 6.07 Å². The van der Waals surface area contributed by atoms with Gasteiger partial charge in [-0.2, -0.15) is 5.26 Å². The van der Waals surface area contributed by atoms with Gasteiger partial charge >= 0.3 is 0 Å². The van der Waals surface area contributed by atoms with Crippen molar-refractivity contribution in [1.29, 1.82) is 5.26 Å². The van der Waals surface area contributed by atoms with E-state index in [-0.39, 0.29) is 10.8 Å². The Bertz CT molecular complexity index is 841. The van der Waals surface area contributed by atoms with Crippen LogP contribution >= 0.6 is 27.5 Å². The molecule has 0 radical (unpaired) electrons. The number of rotatable bonds is 3. The van der Waals surface area contributed by atoms with Crippen molar-refractivity contribution in [2.24, 2.45) is 5.92 Å². The molecule has 2 aromatic carbocycles. The maximum Gasteiger partial charge on any atom is 0.183 e. The molecule has 3 nitrogen and oxygen atoms in total. The van der Waals surface area contributed by atoms with Crippen molar-refractivity contribution in [2.45, 2.75) is 16.1 Å². The minimum Gasteiger partial charge on any atom is -0.223 e. The van der Waals surface area contributed by atoms with Gasteiger partial charge in [-0.1, -0.05) is 39.7 Å². The van der Waals surface area contributed by atoms with Gasteiger partial charge in [-0.15, -0.1) is 0 Å². The van der Waals surface area contributed by atoms with Gasteiger partial charge < -0.3 is 0 Å². The molecule has 112 valence electrons. The average molecular weight is 397 g/mol. The minimum absolute atomic E-state index is 0.210. The van der Waals surface area contributed by atoms with Crippen molar-refractivity contribution < 1.29 is 8.42 Å². The van der Waals surface area contributed by atoms with Crippen LogP contribution in [0.2, 0.25) is 5.02 Å². The zero-order valence-electron chi connectivity index (χ0n) is 11.3. The summed E-state index contributed by atoms with van der Waals surface area (Å²) in [5.41, 5.74) is 0.872. The quantitative estimate of drug-likeness (QED) is 0.782. The number of halogens is 2. The molecule has 2 aromatic rings. The molecule has 0 aromatic heterocycles. The zero-order chi connectivity index (χ0) is 15.9. The molecule has 0 N–H and O–H groups in total. The van der Waals surface area contributed by atoms with Gasteiger partial charge in [-0.3, -0.25) is 0 Å². The van der Waals surface area contributed by atoms with Crippen LogP contribution in [0.1, 0.15) is 11.5 Å². The molecule has 1 aliphatic rings. The van der Waals surface area contributed by atoms with E-state index >= 15 is 0 Å². The molecular formula is C16H11BrClNO2S. The Kier molecular flexibility index (Phi) is 4.02. The average Bonchev–Trinajstić information content (AvgIpc) is 3.24. The fourth-order valence-electron chi connectivity index (χ4n) is 2.69. The van der Waals surface area contributed by atoms with E-state index in [9.17, 15) is 13.7 Å². The van der Waals surface area contributed by atoms with E-state index < -0.39 is 21.0 Å². The van der Waals surface area contributed by atoms with Gasteiger partial charge in [0.25, 0.3) is 0 Å². The number of nitrogens with zero attached hydrogens (tertiary/aromatic N) is 1. The molecule has 22 heavy (non-hydrogen) atoms. The van der Waals surface area contributed by atoms with Crippen LogP contribution in [-0.4, -0.2) is 13.7 Å². The number of hydrogen-bond donors (Lipinski definition) is 0. The number of hydrogen-bond acceptors (Lipinski definition) is 3. The van der Waals surface area contributed by atoms with Gasteiger partial charge in [0.05, 0.1) is 22.1 Å². The summed E-state index contributed by atoms with van der Waals surface area (Å²) in [5.74, 6) is -0.791. The Balaban J connectivity index is 1.95. The highest BCUT2D eigenvalue weighted by Gasteiger charge is 2.59. The van der Waals surface area contributed by atoms with Crippen LogP contribution in [0.15, 0.2) is 57.9 Å². The van der Waals surface area contributed by atoms with E-state index in [0.29, 0.717) is 5.02 Å². The van der Waals surface area contributed by atoms with Gasteiger partial charge in [0.15, 0.2) is 9.84 Å². The molecule has 3 rings (SSSR count). The maximum absolute atomic E-state index is 12.7. The largest absolute Gasteiger partial charge is 0.223 e. The molecule has 0 unspecified atom stereocenters. The predicted molar refractivity (Wildman–Crippen MR) is 88.4 cm³/mol. The Hall–Kier alpha value is -1.35. The third kappa shape index (κ3) is 2.67. The Morgan fingerprint density at radius 2 is 1.64 bits per heavy atom. The topological polar surface area (TPSA) is 57.9 Å². The lowest BCUT2D eigenvalue weighted by molar-refractivity contribution is 0.593. The van der Waals surface area contributed by atoms with E-state index in [4.69, 9.17) is 11.6 Å². The van der Waals surface area contributed by atoms with Crippen LogP contribution in [0, 0.1) is 17.2 Å². The van der Waals surface area contributed by atoms with E-state index in [1.807, 2.05) is 24.3 Å². The normalized spacial score (nSPS) is 23.8. The van der Waals surface area contributed by atoms with Gasteiger partial charge in [0.1, 0.15) is 0 Å². The summed E-state index contributed by atoms with van der Waals surface area (Å²) in [6.45, 7) is 0. The van der Waals surface area contributed by atoms with Gasteiger partial charge in [0.2, 0.25) is 0 Å². The molecule has 0 bridgehead atoms. The molecule has 1 saturated carbocycles. The third-order valence-corrected chi connectivity index (χ3v) is 6.87. The number of sulfone groups is 1. The highest BCUT2D eigenvalue weighted by Crippen LogP contribution is 2.53. The molecule has 1 fully saturated rings. The highest BCUT2D eigenvalue weighted by molar-refractivity contribution is 9.10. The number of nitriles is 1. The van der Waals surface area contributed by atoms with Gasteiger partial charge in [0, 0.05) is 15.4 Å². The van der Waals surface area contributed by atoms with Crippen LogP contribution in [0.4, 0.5) is 0 Å². The monoisotopic (exact) mass is 395 g/mol. The van der Waals surface area contributed by atoms with E-state index in [1.165, 1.54) is 12.1 Å². The lowest BCUT2D eigenvalue weighted by Crippen LogP contribution is -2.10. The lowest BCUT2D eigenvalue weighted by Gasteiger charge is -2.04. The molecule has 1 aliphatic carbocycles. The van der Waals surface area contributed by atoms with Crippen LogP contribution in [0.5, 0.6) is 0 Å². The molecule has 0 spiro atoms. The van der Waals surface area contributed by atoms with Crippen molar-refractivity contribution in [3.05, 3.63) is 63.6 Å². The van der Waals surface area contributed by atoms with Crippen LogP contribution < -0.4 is 0 Å². The maximum atomic E-state index is 12.7. The molecule has 0 amide bonds. The summed E-state index contributed by atoms with van der Waals surface area (Å²) in [5, 5.41) is 9.06. The first-order valence-corrected chi connectivity index (χ1v) is 9.31. The first kappa shape index (κ1) is 15.5. The third-order valence-electron chi connectivity index (χ3n) is 3.86. The van der Waals surface area contributed by atoms with Gasteiger partial charge in [-0.25, -0.2) is 8.42 Å². The smallest absolute Gasteiger partial charge is 0.183 e. The van der Waals surface area contributed by atoms with E-state index in [0.717, 1.165) is 10.0 Å². The lowest BCUT2D eigenvalue weighted by atomic mass is 10.1. The molecule has 3 atom stereocenters. The fraction of sp³-hybridized carbons (Fsp3) is 0.188. The van der Waals surface area contributed by atoms with Crippen molar-refractivity contribution in [1.82, 2.24) is 0 Å². The van der Waals surface area contributed by atoms with Crippen molar-refractivity contribution in [3.63, 3.8) is 0 Å². The fourth-order valence-corrected chi connectivity index (χ4v) is 5.14. The second-order valence-corrected chi connectivity index (χ2v) is 8.65. The van der Waals surface area contributed by atoms with Gasteiger partial charge in [-0.05, 0) is 42.0 Å². The zero-order valence-corrected chi connectivity index (χ0v) is 14.4. The summed E-state index contributed by atoms with van der Waals surface area (Å²) in [6.07, 6.45) is 0. The van der Waals surface area contributed by atoms with E-state index in [2.05, 4.69) is 22.0 Å². The van der Waals surface area contributed by atoms with E-state index in [1.54, 1.807) is 12.1 Å². The summed E-state index contributed by atoms with van der Waals surface area (Å²) < 4.78 is 26.4. The Morgan fingerprint density at radius 3 is 2.18 bits per heavy atom. The van der Waals surface area contributed by atoms with Crippen molar-refractivity contribution >= 4 is 37.4 Å². The number of benzene rings is 2. The minimum atomic E-state index is -3.54. The molecular weight excluding hydrogens is 386 g/mol. The summed E-state index contributed by atoms with van der Waals surface area (Å²) in [7, 11) is -3.54. The van der Waals surface area contributed by atoms with Crippen LogP contribution in [0.3, 0.4) is 0 Å². The second-order valence-electron chi connectivity index (χ2n) is 5.20. The summed E-state index contributed by atoms with van der Waals surface area (Å²) in [6, 6.07) is 15.6. The predicted octanol–water partition coefficient (Wildman–Crippen LogP) is 4.18. The standard InChI is InChI=1S/C16H11BrClNO2S/c17-11-3-1-10(2-4-11)15-14(9-19)16(15)22(20,21)13-7-5-12(18)6-8-13/h1-8,14-16H/t14-,15+,16+/m0/s1.